The van der Waals surface area contributed by atoms with Crippen molar-refractivity contribution in [1.82, 2.24) is 0 Å². The third kappa shape index (κ3) is 2.92. The number of nitrogens with zero attached hydrogens (tertiary/aromatic N) is 1. The Hall–Kier alpha value is -1.71. The second-order valence-corrected chi connectivity index (χ2v) is 6.26. The zero-order valence-corrected chi connectivity index (χ0v) is 13.7. The maximum absolute atomic E-state index is 12.6. The van der Waals surface area contributed by atoms with Crippen LogP contribution in [0.5, 0.6) is 0 Å². The molecule has 2 aromatic rings. The number of hydrogen-bond acceptors (Lipinski definition) is 2. The van der Waals surface area contributed by atoms with Gasteiger partial charge in [-0.3, -0.25) is 4.79 Å². The van der Waals surface area contributed by atoms with E-state index in [0.717, 1.165) is 16.9 Å². The van der Waals surface area contributed by atoms with Gasteiger partial charge in [0.25, 0.3) is 0 Å². The molecule has 0 bridgehead atoms. The molecule has 0 spiro atoms. The van der Waals surface area contributed by atoms with Crippen LogP contribution in [0.3, 0.4) is 0 Å². The fraction of sp³-hybridized carbons (Fsp3) is 0.235. The van der Waals surface area contributed by atoms with Gasteiger partial charge in [0, 0.05) is 28.1 Å². The predicted octanol–water partition coefficient (Wildman–Crippen LogP) is 4.73. The van der Waals surface area contributed by atoms with Crippen molar-refractivity contribution in [3.8, 4) is 0 Å². The Morgan fingerprint density at radius 3 is 2.55 bits per heavy atom. The van der Waals surface area contributed by atoms with Crippen molar-refractivity contribution in [3.63, 3.8) is 0 Å². The molecule has 1 heterocycles. The van der Waals surface area contributed by atoms with Gasteiger partial charge in [-0.2, -0.15) is 0 Å². The van der Waals surface area contributed by atoms with Crippen LogP contribution in [0.15, 0.2) is 42.5 Å². The second kappa shape index (κ2) is 6.19. The lowest BCUT2D eigenvalue weighted by Crippen LogP contribution is -2.31. The molecule has 1 aliphatic rings. The first-order chi connectivity index (χ1) is 10.6. The van der Waals surface area contributed by atoms with Gasteiger partial charge in [-0.15, -0.1) is 0 Å². The third-order valence-electron chi connectivity index (χ3n) is 3.76. The average Bonchev–Trinajstić information content (AvgIpc) is 2.59. The Labute approximate surface area is 139 Å². The first kappa shape index (κ1) is 15.2. The number of halogens is 2. The fourth-order valence-corrected chi connectivity index (χ4v) is 3.19. The molecule has 3 rings (SSSR count). The summed E-state index contributed by atoms with van der Waals surface area (Å²) in [4.78, 5) is 14.4. The summed E-state index contributed by atoms with van der Waals surface area (Å²) in [7, 11) is 0. The van der Waals surface area contributed by atoms with E-state index >= 15 is 0 Å². The molecule has 1 amide bonds. The zero-order valence-electron chi connectivity index (χ0n) is 12.1. The smallest absolute Gasteiger partial charge is 0.229 e. The first-order valence-corrected chi connectivity index (χ1v) is 7.90. The molecule has 2 aromatic carbocycles. The molecule has 0 aromatic heterocycles. The average molecular weight is 335 g/mol. The molecule has 1 atom stereocenters. The number of benzene rings is 2. The summed E-state index contributed by atoms with van der Waals surface area (Å²) in [6.07, 6.45) is 0.427. The molecular formula is C17H16Cl2N2O. The van der Waals surface area contributed by atoms with Crippen LogP contribution in [0.25, 0.3) is 0 Å². The minimum atomic E-state index is 0.0564. The van der Waals surface area contributed by atoms with Crippen molar-refractivity contribution < 1.29 is 4.79 Å². The van der Waals surface area contributed by atoms with Gasteiger partial charge in [0.05, 0.1) is 17.9 Å². The van der Waals surface area contributed by atoms with Crippen LogP contribution in [0.4, 0.5) is 11.4 Å². The first-order valence-electron chi connectivity index (χ1n) is 7.15. The lowest BCUT2D eigenvalue weighted by atomic mass is 10.1. The minimum Gasteiger partial charge on any atom is -0.380 e. The summed E-state index contributed by atoms with van der Waals surface area (Å²) < 4.78 is 0. The maximum Gasteiger partial charge on any atom is 0.229 e. The predicted molar refractivity (Wildman–Crippen MR) is 91.8 cm³/mol. The standard InChI is InChI=1S/C17H16Cl2N2O/c1-11-9-17(22)21(16-8-3-2-7-15(16)20-11)10-12-13(18)5-4-6-14(12)19/h2-8,11,20H,9-10H2,1H3/t11-/m1/s1. The Bertz CT molecular complexity index is 697. The highest BCUT2D eigenvalue weighted by Gasteiger charge is 2.26. The van der Waals surface area contributed by atoms with E-state index in [1.807, 2.05) is 31.2 Å². The van der Waals surface area contributed by atoms with Gasteiger partial charge in [-0.1, -0.05) is 41.4 Å². The van der Waals surface area contributed by atoms with Crippen LogP contribution in [-0.4, -0.2) is 11.9 Å². The SMILES string of the molecule is C[C@@H]1CC(=O)N(Cc2c(Cl)cccc2Cl)c2ccccc2N1. The van der Waals surface area contributed by atoms with Gasteiger partial charge >= 0.3 is 0 Å². The van der Waals surface area contributed by atoms with E-state index in [1.54, 1.807) is 23.1 Å². The number of rotatable bonds is 2. The van der Waals surface area contributed by atoms with Crippen molar-refractivity contribution in [2.24, 2.45) is 0 Å². The van der Waals surface area contributed by atoms with Gasteiger partial charge < -0.3 is 10.2 Å². The number of carbonyl (C=O) groups excluding carboxylic acids is 1. The third-order valence-corrected chi connectivity index (χ3v) is 4.46. The normalized spacial score (nSPS) is 17.7. The number of anilines is 2. The van der Waals surface area contributed by atoms with Crippen molar-refractivity contribution in [2.75, 3.05) is 10.2 Å². The largest absolute Gasteiger partial charge is 0.380 e. The Balaban J connectivity index is 2.03. The van der Waals surface area contributed by atoms with Crippen LogP contribution in [0, 0.1) is 0 Å². The fourth-order valence-electron chi connectivity index (χ4n) is 2.67. The van der Waals surface area contributed by atoms with E-state index in [0.29, 0.717) is 23.0 Å². The summed E-state index contributed by atoms with van der Waals surface area (Å²) in [6.45, 7) is 2.36. The van der Waals surface area contributed by atoms with Crippen molar-refractivity contribution in [1.29, 1.82) is 0 Å². The van der Waals surface area contributed by atoms with E-state index in [4.69, 9.17) is 23.2 Å². The molecule has 1 N–H and O–H groups in total. The van der Waals surface area contributed by atoms with E-state index in [1.165, 1.54) is 0 Å². The zero-order chi connectivity index (χ0) is 15.7. The van der Waals surface area contributed by atoms with Gasteiger partial charge in [0.15, 0.2) is 0 Å². The van der Waals surface area contributed by atoms with Crippen molar-refractivity contribution >= 4 is 40.5 Å². The van der Waals surface area contributed by atoms with E-state index in [9.17, 15) is 4.79 Å². The molecule has 0 unspecified atom stereocenters. The topological polar surface area (TPSA) is 32.3 Å². The molecule has 0 radical (unpaired) electrons. The summed E-state index contributed by atoms with van der Waals surface area (Å²) in [5.74, 6) is 0.0564. The number of hydrogen-bond donors (Lipinski definition) is 1. The quantitative estimate of drug-likeness (QED) is 0.860. The van der Waals surface area contributed by atoms with Gasteiger partial charge in [0.2, 0.25) is 5.91 Å². The number of para-hydroxylation sites is 2. The van der Waals surface area contributed by atoms with Crippen LogP contribution in [0.2, 0.25) is 10.0 Å². The minimum absolute atomic E-state index is 0.0564. The molecule has 114 valence electrons. The molecule has 0 aliphatic carbocycles. The van der Waals surface area contributed by atoms with Crippen LogP contribution >= 0.6 is 23.2 Å². The van der Waals surface area contributed by atoms with Crippen LogP contribution in [-0.2, 0) is 11.3 Å². The summed E-state index contributed by atoms with van der Waals surface area (Å²) >= 11 is 12.5. The molecule has 1 aliphatic heterocycles. The Morgan fingerprint density at radius 1 is 1.14 bits per heavy atom. The van der Waals surface area contributed by atoms with E-state index in [-0.39, 0.29) is 11.9 Å². The lowest BCUT2D eigenvalue weighted by Gasteiger charge is -2.23. The highest BCUT2D eigenvalue weighted by molar-refractivity contribution is 6.36. The highest BCUT2D eigenvalue weighted by Crippen LogP contribution is 2.34. The summed E-state index contributed by atoms with van der Waals surface area (Å²) in [5, 5.41) is 4.51. The van der Waals surface area contributed by atoms with E-state index < -0.39 is 0 Å². The molecule has 5 heteroatoms. The monoisotopic (exact) mass is 334 g/mol. The van der Waals surface area contributed by atoms with Gasteiger partial charge in [-0.25, -0.2) is 0 Å². The number of carbonyl (C=O) groups is 1. The summed E-state index contributed by atoms with van der Waals surface area (Å²) in [6, 6.07) is 13.3. The van der Waals surface area contributed by atoms with Gasteiger partial charge in [0.1, 0.15) is 0 Å². The lowest BCUT2D eigenvalue weighted by molar-refractivity contribution is -0.118. The molecule has 0 saturated heterocycles. The Kier molecular flexibility index (Phi) is 4.27. The molecule has 3 nitrogen and oxygen atoms in total. The molecular weight excluding hydrogens is 319 g/mol. The maximum atomic E-state index is 12.6. The number of nitrogens with one attached hydrogen (secondary N) is 1. The molecule has 22 heavy (non-hydrogen) atoms. The highest BCUT2D eigenvalue weighted by atomic mass is 35.5. The van der Waals surface area contributed by atoms with Crippen LogP contribution in [0.1, 0.15) is 18.9 Å². The Morgan fingerprint density at radius 2 is 1.82 bits per heavy atom. The van der Waals surface area contributed by atoms with E-state index in [2.05, 4.69) is 5.32 Å². The van der Waals surface area contributed by atoms with Crippen LogP contribution < -0.4 is 10.2 Å². The van der Waals surface area contributed by atoms with Crippen molar-refractivity contribution in [3.05, 3.63) is 58.1 Å². The molecule has 0 saturated carbocycles. The molecule has 0 fully saturated rings. The van der Waals surface area contributed by atoms with Gasteiger partial charge in [-0.05, 0) is 31.2 Å². The summed E-state index contributed by atoms with van der Waals surface area (Å²) in [5.41, 5.74) is 2.57. The second-order valence-electron chi connectivity index (χ2n) is 5.45. The van der Waals surface area contributed by atoms with Crippen molar-refractivity contribution in [2.45, 2.75) is 25.9 Å². The number of fused-ring (bicyclic) bond motifs is 1. The number of amides is 1.